The number of carbonyl (C=O) groups excluding carboxylic acids is 3. The number of Topliss-reactive ketones (excluding diaryl/α,β-unsaturated/α-hetero) is 1. The number of pyridine rings is 1. The van der Waals surface area contributed by atoms with Crippen LogP contribution in [0.3, 0.4) is 0 Å². The van der Waals surface area contributed by atoms with Crippen molar-refractivity contribution < 1.29 is 19.1 Å². The van der Waals surface area contributed by atoms with Crippen molar-refractivity contribution in [1.29, 1.82) is 0 Å². The number of piperazine rings is 1. The van der Waals surface area contributed by atoms with E-state index in [2.05, 4.69) is 29.1 Å². The van der Waals surface area contributed by atoms with Crippen molar-refractivity contribution in [3.05, 3.63) is 41.9 Å². The number of ether oxygens (including phenoxy) is 1. The van der Waals surface area contributed by atoms with E-state index >= 15 is 0 Å². The zero-order chi connectivity index (χ0) is 32.8. The Bertz CT molecular complexity index is 1440. The molecule has 0 radical (unpaired) electrons. The van der Waals surface area contributed by atoms with Crippen LogP contribution in [0.2, 0.25) is 0 Å². The number of likely N-dealkylation sites (tertiary alicyclic amines) is 2. The summed E-state index contributed by atoms with van der Waals surface area (Å²) in [6.07, 6.45) is 5.58. The van der Waals surface area contributed by atoms with E-state index in [1.165, 1.54) is 0 Å². The first-order chi connectivity index (χ1) is 20.9. The van der Waals surface area contributed by atoms with Crippen LogP contribution in [0.15, 0.2) is 30.6 Å². The van der Waals surface area contributed by atoms with Gasteiger partial charge in [-0.15, -0.1) is 0 Å². The number of rotatable bonds is 7. The fourth-order valence-electron chi connectivity index (χ4n) is 5.67. The van der Waals surface area contributed by atoms with Crippen molar-refractivity contribution in [2.45, 2.75) is 112 Å². The van der Waals surface area contributed by atoms with Crippen molar-refractivity contribution in [2.75, 3.05) is 18.4 Å². The van der Waals surface area contributed by atoms with E-state index in [1.807, 2.05) is 64.0 Å². The minimum atomic E-state index is -0.554. The summed E-state index contributed by atoms with van der Waals surface area (Å²) in [4.78, 5) is 55.2. The molecule has 2 saturated heterocycles. The van der Waals surface area contributed by atoms with Crippen molar-refractivity contribution in [3.63, 3.8) is 0 Å². The molecular weight excluding hydrogens is 558 g/mol. The van der Waals surface area contributed by atoms with Crippen LogP contribution in [0.5, 0.6) is 0 Å². The Kier molecular flexibility index (Phi) is 11.5. The smallest absolute Gasteiger partial charge is 0.410 e. The van der Waals surface area contributed by atoms with Crippen LogP contribution in [-0.2, 0) is 4.74 Å². The molecule has 44 heavy (non-hydrogen) atoms. The lowest BCUT2D eigenvalue weighted by atomic mass is 10.2. The first-order valence-corrected chi connectivity index (χ1v) is 15.9. The van der Waals surface area contributed by atoms with Gasteiger partial charge < -0.3 is 24.4 Å². The summed E-state index contributed by atoms with van der Waals surface area (Å²) in [7, 11) is 0. The minimum absolute atomic E-state index is 0.0128. The van der Waals surface area contributed by atoms with E-state index in [0.29, 0.717) is 41.8 Å². The molecule has 2 aliphatic heterocycles. The van der Waals surface area contributed by atoms with Gasteiger partial charge in [-0.3, -0.25) is 9.59 Å². The Morgan fingerprint density at radius 2 is 1.68 bits per heavy atom. The summed E-state index contributed by atoms with van der Waals surface area (Å²) in [5, 5.41) is 3.92. The highest BCUT2D eigenvalue weighted by Gasteiger charge is 2.48. The molecule has 3 aromatic heterocycles. The number of amides is 2. The fraction of sp³-hybridized carbons (Fsp3) is 0.576. The second kappa shape index (κ2) is 14.6. The quantitative estimate of drug-likeness (QED) is 0.284. The van der Waals surface area contributed by atoms with Gasteiger partial charge in [0.25, 0.3) is 5.91 Å². The largest absolute Gasteiger partial charge is 0.444 e. The molecule has 2 amide bonds. The number of carbonyl (C=O) groups is 3. The number of ketones is 1. The van der Waals surface area contributed by atoms with Gasteiger partial charge in [0.2, 0.25) is 5.95 Å². The van der Waals surface area contributed by atoms with E-state index in [0.717, 1.165) is 24.6 Å². The second-order valence-electron chi connectivity index (χ2n) is 11.8. The molecule has 3 unspecified atom stereocenters. The number of anilines is 2. The third kappa shape index (κ3) is 7.54. The van der Waals surface area contributed by atoms with Gasteiger partial charge in [0.05, 0.1) is 23.3 Å². The summed E-state index contributed by atoms with van der Waals surface area (Å²) in [5.74, 6) is 0.742. The molecule has 240 valence electrons. The third-order valence-corrected chi connectivity index (χ3v) is 7.46. The van der Waals surface area contributed by atoms with Gasteiger partial charge in [-0.1, -0.05) is 41.0 Å². The zero-order valence-corrected chi connectivity index (χ0v) is 28.0. The van der Waals surface area contributed by atoms with Gasteiger partial charge in [0, 0.05) is 43.8 Å². The van der Waals surface area contributed by atoms with E-state index in [9.17, 15) is 14.4 Å². The van der Waals surface area contributed by atoms with Crippen molar-refractivity contribution in [1.82, 2.24) is 29.3 Å². The fourth-order valence-corrected chi connectivity index (χ4v) is 5.67. The molecule has 3 atom stereocenters. The Balaban J connectivity index is 0.00000127. The molecule has 0 aliphatic carbocycles. The standard InChI is InChI=1S/C29H37N7O4.2C2H6/c1-7-8-17(2)36-23(18(3)37)11-20-14-31-27(33-25(20)36)32-24-10-9-19(13-30-24)26(38)34-15-22-12-21(34)16-35(22)28(39)40-29(4,5)6;2*1-2/h9-11,13-14,17,21-22H,7-8,12,15-16H2,1-6H3,(H,30,31,32,33);2*1-2H3. The molecule has 3 aromatic rings. The van der Waals surface area contributed by atoms with Crippen molar-refractivity contribution in [2.24, 2.45) is 0 Å². The number of aromatic nitrogens is 4. The Labute approximate surface area is 261 Å². The molecule has 5 rings (SSSR count). The number of nitrogens with one attached hydrogen (secondary N) is 1. The molecule has 0 aromatic carbocycles. The highest BCUT2D eigenvalue weighted by atomic mass is 16.6. The number of hydrogen-bond acceptors (Lipinski definition) is 8. The average Bonchev–Trinajstić information content (AvgIpc) is 3.71. The first-order valence-electron chi connectivity index (χ1n) is 15.9. The number of fused-ring (bicyclic) bond motifs is 3. The lowest BCUT2D eigenvalue weighted by Crippen LogP contribution is -2.51. The lowest BCUT2D eigenvalue weighted by molar-refractivity contribution is 0.0126. The number of nitrogens with zero attached hydrogens (tertiary/aromatic N) is 6. The van der Waals surface area contributed by atoms with Crippen LogP contribution in [0, 0.1) is 0 Å². The molecule has 11 heteroatoms. The van der Waals surface area contributed by atoms with Gasteiger partial charge in [-0.25, -0.2) is 14.8 Å². The van der Waals surface area contributed by atoms with E-state index in [1.54, 1.807) is 36.4 Å². The van der Waals surface area contributed by atoms with E-state index in [-0.39, 0.29) is 35.9 Å². The van der Waals surface area contributed by atoms with Gasteiger partial charge in [-0.2, -0.15) is 4.98 Å². The van der Waals surface area contributed by atoms with Crippen LogP contribution in [0.25, 0.3) is 11.0 Å². The second-order valence-corrected chi connectivity index (χ2v) is 11.8. The highest BCUT2D eigenvalue weighted by Crippen LogP contribution is 2.33. The Morgan fingerprint density at radius 1 is 1.02 bits per heavy atom. The summed E-state index contributed by atoms with van der Waals surface area (Å²) in [5.41, 5.74) is 1.24. The van der Waals surface area contributed by atoms with Crippen LogP contribution in [0.1, 0.15) is 115 Å². The molecule has 2 aliphatic rings. The summed E-state index contributed by atoms with van der Waals surface area (Å²) >= 11 is 0. The number of hydrogen-bond donors (Lipinski definition) is 1. The van der Waals surface area contributed by atoms with Crippen LogP contribution in [0.4, 0.5) is 16.6 Å². The molecule has 2 bridgehead atoms. The summed E-state index contributed by atoms with van der Waals surface area (Å²) in [6, 6.07) is 5.34. The van der Waals surface area contributed by atoms with Crippen LogP contribution >= 0.6 is 0 Å². The zero-order valence-electron chi connectivity index (χ0n) is 28.0. The van der Waals surface area contributed by atoms with Gasteiger partial charge in [0.15, 0.2) is 5.78 Å². The maximum Gasteiger partial charge on any atom is 0.410 e. The molecule has 11 nitrogen and oxygen atoms in total. The molecule has 0 spiro atoms. The molecule has 0 saturated carbocycles. The van der Waals surface area contributed by atoms with Crippen LogP contribution < -0.4 is 5.32 Å². The average molecular weight is 608 g/mol. The predicted octanol–water partition coefficient (Wildman–Crippen LogP) is 7.02. The lowest BCUT2D eigenvalue weighted by Gasteiger charge is -2.35. The first kappa shape index (κ1) is 34.5. The molecule has 2 fully saturated rings. The van der Waals surface area contributed by atoms with Crippen molar-refractivity contribution >= 4 is 40.6 Å². The van der Waals surface area contributed by atoms with E-state index in [4.69, 9.17) is 9.72 Å². The van der Waals surface area contributed by atoms with Gasteiger partial charge in [0.1, 0.15) is 17.1 Å². The SMILES string of the molecule is CC.CC.CCCC(C)n1c(C(C)=O)cc2cnc(Nc3ccc(C(=O)N4CC5CC4CN5C(=O)OC(C)(C)C)cn3)nc21. The molecular formula is C33H49N7O4. The maximum absolute atomic E-state index is 13.2. The normalized spacial score (nSPS) is 17.8. The van der Waals surface area contributed by atoms with Crippen molar-refractivity contribution in [3.8, 4) is 0 Å². The molecule has 1 N–H and O–H groups in total. The van der Waals surface area contributed by atoms with Crippen LogP contribution in [-0.4, -0.2) is 77.9 Å². The summed E-state index contributed by atoms with van der Waals surface area (Å²) < 4.78 is 7.50. The maximum atomic E-state index is 13.2. The van der Waals surface area contributed by atoms with E-state index < -0.39 is 5.60 Å². The van der Waals surface area contributed by atoms with Gasteiger partial charge >= 0.3 is 6.09 Å². The molecule has 5 heterocycles. The highest BCUT2D eigenvalue weighted by molar-refractivity contribution is 5.98. The monoisotopic (exact) mass is 607 g/mol. The topological polar surface area (TPSA) is 123 Å². The summed E-state index contributed by atoms with van der Waals surface area (Å²) in [6.45, 7) is 20.3. The third-order valence-electron chi connectivity index (χ3n) is 7.46. The predicted molar refractivity (Wildman–Crippen MR) is 174 cm³/mol. The Morgan fingerprint density at radius 3 is 2.23 bits per heavy atom. The van der Waals surface area contributed by atoms with Gasteiger partial charge in [-0.05, 0) is 58.7 Å². The Hall–Kier alpha value is -4.02. The minimum Gasteiger partial charge on any atom is -0.444 e.